The molecule has 0 unspecified atom stereocenters. The van der Waals surface area contributed by atoms with Crippen molar-refractivity contribution in [1.29, 1.82) is 0 Å². The van der Waals surface area contributed by atoms with Crippen LogP contribution in [0.5, 0.6) is 0 Å². The van der Waals surface area contributed by atoms with E-state index in [4.69, 9.17) is 9.97 Å². The summed E-state index contributed by atoms with van der Waals surface area (Å²) in [6, 6.07) is 68.4. The van der Waals surface area contributed by atoms with Crippen molar-refractivity contribution in [2.45, 2.75) is 0 Å². The maximum Gasteiger partial charge on any atom is 0.163 e. The average Bonchev–Trinajstić information content (AvgIpc) is 4.13. The first-order chi connectivity index (χ1) is 30.8. The molecule has 6 heteroatoms. The van der Waals surface area contributed by atoms with Crippen LogP contribution in [0.15, 0.2) is 188 Å². The third kappa shape index (κ3) is 4.12. The predicted molar refractivity (Wildman–Crippen MR) is 261 cm³/mol. The van der Waals surface area contributed by atoms with Gasteiger partial charge in [0.2, 0.25) is 0 Å². The van der Waals surface area contributed by atoms with Crippen LogP contribution in [0.3, 0.4) is 0 Å². The van der Waals surface area contributed by atoms with Gasteiger partial charge < -0.3 is 8.97 Å². The molecule has 9 aromatic carbocycles. The molecular formula is C56H31N5S. The SMILES string of the molecule is c1ccc(-n2c3ccccc3c3cc(-c4nc(-n5c6ccccc6c6c7c8c9ccccc9ccc8n8c9ccccc9c(cc65)c78)c5c(n4)sc4ccccc45)ccc32)cc1. The van der Waals surface area contributed by atoms with Crippen LogP contribution in [0.1, 0.15) is 0 Å². The zero-order chi connectivity index (χ0) is 40.2. The first-order valence-electron chi connectivity index (χ1n) is 21.1. The minimum atomic E-state index is 0.710. The van der Waals surface area contributed by atoms with E-state index >= 15 is 0 Å². The van der Waals surface area contributed by atoms with Crippen LogP contribution in [0.4, 0.5) is 0 Å². The lowest BCUT2D eigenvalue weighted by atomic mass is 9.98. The van der Waals surface area contributed by atoms with E-state index in [0.29, 0.717) is 5.82 Å². The summed E-state index contributed by atoms with van der Waals surface area (Å²) in [4.78, 5) is 12.1. The Labute approximate surface area is 356 Å². The van der Waals surface area contributed by atoms with Crippen LogP contribution in [0.25, 0.3) is 136 Å². The number of para-hydroxylation sites is 4. The summed E-state index contributed by atoms with van der Waals surface area (Å²) >= 11 is 1.74. The van der Waals surface area contributed by atoms with Crippen molar-refractivity contribution in [3.8, 4) is 22.9 Å². The van der Waals surface area contributed by atoms with E-state index in [1.54, 1.807) is 11.3 Å². The Bertz CT molecular complexity index is 4390. The normalized spacial score (nSPS) is 12.5. The second-order valence-corrected chi connectivity index (χ2v) is 17.5. The van der Waals surface area contributed by atoms with Crippen LogP contribution in [-0.2, 0) is 0 Å². The van der Waals surface area contributed by atoms with Crippen LogP contribution in [0, 0.1) is 0 Å². The summed E-state index contributed by atoms with van der Waals surface area (Å²) in [7, 11) is 0. The molecule has 6 aromatic heterocycles. The van der Waals surface area contributed by atoms with Crippen molar-refractivity contribution >= 4 is 124 Å². The molecule has 0 aliphatic carbocycles. The highest BCUT2D eigenvalue weighted by atomic mass is 32.1. The van der Waals surface area contributed by atoms with Gasteiger partial charge in [0.25, 0.3) is 0 Å². The first kappa shape index (κ1) is 32.8. The van der Waals surface area contributed by atoms with Gasteiger partial charge in [-0.25, -0.2) is 9.97 Å². The van der Waals surface area contributed by atoms with E-state index in [0.717, 1.165) is 43.8 Å². The van der Waals surface area contributed by atoms with Crippen molar-refractivity contribution in [1.82, 2.24) is 23.5 Å². The summed E-state index contributed by atoms with van der Waals surface area (Å²) in [5.74, 6) is 1.61. The van der Waals surface area contributed by atoms with Gasteiger partial charge in [0.1, 0.15) is 4.83 Å². The lowest BCUT2D eigenvalue weighted by Crippen LogP contribution is -2.02. The van der Waals surface area contributed by atoms with Crippen LogP contribution in [-0.4, -0.2) is 23.5 Å². The topological polar surface area (TPSA) is 40.0 Å². The summed E-state index contributed by atoms with van der Waals surface area (Å²) < 4.78 is 8.51. The lowest BCUT2D eigenvalue weighted by Gasteiger charge is -2.12. The molecule has 0 radical (unpaired) electrons. The Balaban J connectivity index is 1.10. The number of benzene rings is 9. The number of fused-ring (bicyclic) bond motifs is 18. The molecule has 62 heavy (non-hydrogen) atoms. The van der Waals surface area contributed by atoms with E-state index in [1.165, 1.54) is 86.0 Å². The molecule has 0 atom stereocenters. The lowest BCUT2D eigenvalue weighted by molar-refractivity contribution is 1.08. The average molecular weight is 806 g/mol. The Kier molecular flexibility index (Phi) is 6.24. The minimum absolute atomic E-state index is 0.710. The van der Waals surface area contributed by atoms with Gasteiger partial charge in [-0.15, -0.1) is 11.3 Å². The minimum Gasteiger partial charge on any atom is -0.309 e. The van der Waals surface area contributed by atoms with Gasteiger partial charge in [-0.1, -0.05) is 121 Å². The number of hydrogen-bond acceptors (Lipinski definition) is 3. The summed E-state index contributed by atoms with van der Waals surface area (Å²) in [5.41, 5.74) is 10.4. The molecule has 6 heterocycles. The molecule has 0 bridgehead atoms. The van der Waals surface area contributed by atoms with E-state index in [-0.39, 0.29) is 0 Å². The fraction of sp³-hybridized carbons (Fsp3) is 0. The van der Waals surface area contributed by atoms with Gasteiger partial charge in [-0.2, -0.15) is 0 Å². The third-order valence-corrected chi connectivity index (χ3v) is 14.4. The highest BCUT2D eigenvalue weighted by Crippen LogP contribution is 2.49. The van der Waals surface area contributed by atoms with Crippen molar-refractivity contribution in [2.75, 3.05) is 0 Å². The molecule has 0 spiro atoms. The highest BCUT2D eigenvalue weighted by Gasteiger charge is 2.27. The molecular weight excluding hydrogens is 775 g/mol. The number of aromatic nitrogens is 5. The largest absolute Gasteiger partial charge is 0.309 e. The molecule has 0 amide bonds. The quantitative estimate of drug-likeness (QED) is 0.178. The molecule has 0 saturated heterocycles. The zero-order valence-electron chi connectivity index (χ0n) is 33.0. The monoisotopic (exact) mass is 805 g/mol. The van der Waals surface area contributed by atoms with Crippen LogP contribution in [0.2, 0.25) is 0 Å². The molecule has 0 aliphatic heterocycles. The molecule has 286 valence electrons. The van der Waals surface area contributed by atoms with Crippen molar-refractivity contribution < 1.29 is 0 Å². The van der Waals surface area contributed by atoms with Crippen LogP contribution < -0.4 is 0 Å². The van der Waals surface area contributed by atoms with Crippen molar-refractivity contribution in [3.05, 3.63) is 188 Å². The molecule has 5 nitrogen and oxygen atoms in total. The first-order valence-corrected chi connectivity index (χ1v) is 21.9. The summed E-state index contributed by atoms with van der Waals surface area (Å²) in [6.45, 7) is 0. The van der Waals surface area contributed by atoms with Gasteiger partial charge >= 0.3 is 0 Å². The summed E-state index contributed by atoms with van der Waals surface area (Å²) in [5, 5.41) is 14.6. The fourth-order valence-corrected chi connectivity index (χ4v) is 11.9. The van der Waals surface area contributed by atoms with E-state index < -0.39 is 0 Å². The number of hydrogen-bond donors (Lipinski definition) is 0. The van der Waals surface area contributed by atoms with E-state index in [9.17, 15) is 0 Å². The molecule has 15 rings (SSSR count). The molecule has 0 saturated carbocycles. The molecule has 0 fully saturated rings. The Hall–Kier alpha value is -8.06. The summed E-state index contributed by atoms with van der Waals surface area (Å²) in [6.07, 6.45) is 0. The second-order valence-electron chi connectivity index (χ2n) is 16.5. The molecule has 0 aliphatic rings. The van der Waals surface area contributed by atoms with Crippen molar-refractivity contribution in [2.24, 2.45) is 0 Å². The third-order valence-electron chi connectivity index (χ3n) is 13.4. The number of rotatable bonds is 3. The van der Waals surface area contributed by atoms with Gasteiger partial charge in [0.15, 0.2) is 11.6 Å². The molecule has 15 aromatic rings. The molecule has 0 N–H and O–H groups in total. The van der Waals surface area contributed by atoms with Crippen molar-refractivity contribution in [3.63, 3.8) is 0 Å². The Morgan fingerprint density at radius 2 is 1.00 bits per heavy atom. The van der Waals surface area contributed by atoms with Gasteiger partial charge in [-0.05, 0) is 77.5 Å². The number of thiophene rings is 1. The maximum absolute atomic E-state index is 5.73. The Morgan fingerprint density at radius 3 is 1.84 bits per heavy atom. The maximum atomic E-state index is 5.73. The zero-order valence-corrected chi connectivity index (χ0v) is 33.9. The van der Waals surface area contributed by atoms with Gasteiger partial charge in [0.05, 0.1) is 44.0 Å². The van der Waals surface area contributed by atoms with Gasteiger partial charge in [0, 0.05) is 64.4 Å². The van der Waals surface area contributed by atoms with E-state index in [2.05, 4.69) is 202 Å². The number of nitrogens with zero attached hydrogens (tertiary/aromatic N) is 5. The standard InChI is InChI=1S/C56H31N5S/c1-2-15-34(16-3-1)59-42-22-10-6-18-36(42)40-30-33(27-28-45(40)59)54-57-55(51-39-21-9-13-25-48(39)62-56(51)58-54)61-44-24-12-8-20-38(44)50-47(61)31-41-37-19-7-11-23-43(37)60-46-29-26-32-14-4-5-17-35(32)49(46)52(50)53(41)60/h1-31H. The van der Waals surface area contributed by atoms with E-state index in [1.807, 2.05) is 0 Å². The van der Waals surface area contributed by atoms with Crippen LogP contribution >= 0.6 is 11.3 Å². The Morgan fingerprint density at radius 1 is 0.371 bits per heavy atom. The van der Waals surface area contributed by atoms with Gasteiger partial charge in [-0.3, -0.25) is 4.57 Å². The highest BCUT2D eigenvalue weighted by molar-refractivity contribution is 7.25. The predicted octanol–water partition coefficient (Wildman–Crippen LogP) is 15.0. The fourth-order valence-electron chi connectivity index (χ4n) is 10.9. The second kappa shape index (κ2) is 11.8. The smallest absolute Gasteiger partial charge is 0.163 e.